The van der Waals surface area contributed by atoms with Crippen LogP contribution < -0.4 is 11.1 Å². The minimum absolute atomic E-state index is 0.243. The van der Waals surface area contributed by atoms with Crippen molar-refractivity contribution in [2.45, 2.75) is 6.92 Å². The van der Waals surface area contributed by atoms with E-state index in [1.165, 1.54) is 24.3 Å². The Morgan fingerprint density at radius 2 is 1.88 bits per heavy atom. The fourth-order valence-electron chi connectivity index (χ4n) is 1.57. The number of nitrogen functional groups attached to an aromatic ring is 1. The molecule has 0 amide bonds. The zero-order valence-electron chi connectivity index (χ0n) is 9.30. The molecule has 17 heavy (non-hydrogen) atoms. The predicted octanol–water partition coefficient (Wildman–Crippen LogP) is 3.60. The van der Waals surface area contributed by atoms with Gasteiger partial charge in [-0.2, -0.15) is 0 Å². The molecule has 0 saturated heterocycles. The monoisotopic (exact) mass is 234 g/mol. The first-order valence-corrected chi connectivity index (χ1v) is 5.15. The lowest BCUT2D eigenvalue weighted by atomic mass is 10.1. The van der Waals surface area contributed by atoms with Gasteiger partial charge in [0.25, 0.3) is 0 Å². The van der Waals surface area contributed by atoms with Gasteiger partial charge in [0.05, 0.1) is 17.1 Å². The van der Waals surface area contributed by atoms with Crippen LogP contribution in [-0.2, 0) is 0 Å². The summed E-state index contributed by atoms with van der Waals surface area (Å²) in [5.41, 5.74) is 7.48. The Morgan fingerprint density at radius 3 is 2.53 bits per heavy atom. The molecule has 0 radical (unpaired) electrons. The van der Waals surface area contributed by atoms with E-state index in [9.17, 15) is 8.78 Å². The predicted molar refractivity (Wildman–Crippen MR) is 65.2 cm³/mol. The number of halogens is 2. The summed E-state index contributed by atoms with van der Waals surface area (Å²) in [6, 6.07) is 8.72. The van der Waals surface area contributed by atoms with E-state index >= 15 is 0 Å². The maximum absolute atomic E-state index is 13.6. The molecule has 0 atom stereocenters. The Kier molecular flexibility index (Phi) is 2.95. The number of hydrogen-bond acceptors (Lipinski definition) is 2. The van der Waals surface area contributed by atoms with Crippen molar-refractivity contribution in [1.82, 2.24) is 0 Å². The van der Waals surface area contributed by atoms with Crippen molar-refractivity contribution in [3.8, 4) is 0 Å². The van der Waals surface area contributed by atoms with Crippen LogP contribution in [0.1, 0.15) is 5.56 Å². The van der Waals surface area contributed by atoms with Crippen molar-refractivity contribution >= 4 is 17.1 Å². The molecule has 0 spiro atoms. The van der Waals surface area contributed by atoms with E-state index in [1.54, 1.807) is 19.1 Å². The Balaban J connectivity index is 2.38. The number of nitrogens with one attached hydrogen (secondary N) is 1. The fraction of sp³-hybridized carbons (Fsp3) is 0.0769. The van der Waals surface area contributed by atoms with Crippen molar-refractivity contribution in [1.29, 1.82) is 0 Å². The van der Waals surface area contributed by atoms with Crippen LogP contribution in [0.15, 0.2) is 36.4 Å². The third kappa shape index (κ3) is 2.36. The van der Waals surface area contributed by atoms with Crippen LogP contribution in [0, 0.1) is 18.6 Å². The molecule has 0 aromatic heterocycles. The summed E-state index contributed by atoms with van der Waals surface area (Å²) in [7, 11) is 0. The summed E-state index contributed by atoms with van der Waals surface area (Å²) in [5.74, 6) is -0.785. The van der Waals surface area contributed by atoms with Crippen LogP contribution in [0.2, 0.25) is 0 Å². The smallest absolute Gasteiger partial charge is 0.146 e. The van der Waals surface area contributed by atoms with E-state index < -0.39 is 5.82 Å². The first-order valence-electron chi connectivity index (χ1n) is 5.15. The number of para-hydroxylation sites is 1. The van der Waals surface area contributed by atoms with Crippen LogP contribution in [0.25, 0.3) is 0 Å². The molecule has 2 aromatic rings. The van der Waals surface area contributed by atoms with Crippen molar-refractivity contribution in [3.05, 3.63) is 53.6 Å². The van der Waals surface area contributed by atoms with Gasteiger partial charge in [0.15, 0.2) is 0 Å². The molecule has 0 aliphatic carbocycles. The molecular formula is C13H12F2N2. The molecule has 0 bridgehead atoms. The van der Waals surface area contributed by atoms with Gasteiger partial charge in [-0.1, -0.05) is 12.1 Å². The summed E-state index contributed by atoms with van der Waals surface area (Å²) in [6.45, 7) is 1.78. The number of anilines is 3. The topological polar surface area (TPSA) is 38.0 Å². The van der Waals surface area contributed by atoms with Gasteiger partial charge >= 0.3 is 0 Å². The maximum atomic E-state index is 13.6. The van der Waals surface area contributed by atoms with Gasteiger partial charge in [0.1, 0.15) is 11.6 Å². The summed E-state index contributed by atoms with van der Waals surface area (Å²) in [5, 5.41) is 2.87. The second-order valence-corrected chi connectivity index (χ2v) is 3.79. The normalized spacial score (nSPS) is 10.3. The third-order valence-electron chi connectivity index (χ3n) is 2.50. The molecule has 0 aliphatic heterocycles. The maximum Gasteiger partial charge on any atom is 0.146 e. The average molecular weight is 234 g/mol. The third-order valence-corrected chi connectivity index (χ3v) is 2.50. The van der Waals surface area contributed by atoms with Crippen molar-refractivity contribution in [2.75, 3.05) is 11.1 Å². The summed E-state index contributed by atoms with van der Waals surface area (Å²) in [4.78, 5) is 0. The van der Waals surface area contributed by atoms with Crippen molar-refractivity contribution in [2.24, 2.45) is 0 Å². The number of benzene rings is 2. The average Bonchev–Trinajstić information content (AvgIpc) is 2.26. The van der Waals surface area contributed by atoms with Crippen molar-refractivity contribution < 1.29 is 8.78 Å². The van der Waals surface area contributed by atoms with Gasteiger partial charge in [-0.3, -0.25) is 0 Å². The first-order chi connectivity index (χ1) is 8.08. The summed E-state index contributed by atoms with van der Waals surface area (Å²) in [6.07, 6.45) is 0. The van der Waals surface area contributed by atoms with Crippen LogP contribution in [0.5, 0.6) is 0 Å². The van der Waals surface area contributed by atoms with E-state index in [2.05, 4.69) is 5.32 Å². The molecule has 0 unspecified atom stereocenters. The molecule has 0 fully saturated rings. The molecule has 2 aromatic carbocycles. The van der Waals surface area contributed by atoms with E-state index in [4.69, 9.17) is 5.73 Å². The van der Waals surface area contributed by atoms with E-state index in [0.717, 1.165) is 5.56 Å². The molecule has 3 N–H and O–H groups in total. The molecule has 88 valence electrons. The second kappa shape index (κ2) is 4.41. The summed E-state index contributed by atoms with van der Waals surface area (Å²) >= 11 is 0. The van der Waals surface area contributed by atoms with Gasteiger partial charge in [0.2, 0.25) is 0 Å². The highest BCUT2D eigenvalue weighted by Gasteiger charge is 2.07. The van der Waals surface area contributed by atoms with Crippen LogP contribution >= 0.6 is 0 Å². The molecule has 4 heteroatoms. The SMILES string of the molecule is Cc1cccc(F)c1Nc1ccc(F)cc1N. The lowest BCUT2D eigenvalue weighted by Crippen LogP contribution is -2.00. The summed E-state index contributed by atoms with van der Waals surface area (Å²) < 4.78 is 26.4. The Bertz CT molecular complexity index is 533. The molecule has 0 aliphatic rings. The Morgan fingerprint density at radius 1 is 1.12 bits per heavy atom. The lowest BCUT2D eigenvalue weighted by Gasteiger charge is -2.12. The first kappa shape index (κ1) is 11.4. The molecular weight excluding hydrogens is 222 g/mol. The van der Waals surface area contributed by atoms with E-state index in [-0.39, 0.29) is 11.5 Å². The van der Waals surface area contributed by atoms with Gasteiger partial charge in [-0.25, -0.2) is 8.78 Å². The number of aryl methyl sites for hydroxylation is 1. The van der Waals surface area contributed by atoms with Crippen LogP contribution in [0.4, 0.5) is 25.8 Å². The highest BCUT2D eigenvalue weighted by Crippen LogP contribution is 2.27. The highest BCUT2D eigenvalue weighted by molar-refractivity contribution is 5.74. The minimum atomic E-state index is -0.418. The Labute approximate surface area is 98.1 Å². The van der Waals surface area contributed by atoms with E-state index in [0.29, 0.717) is 11.4 Å². The molecule has 2 rings (SSSR count). The molecule has 2 nitrogen and oxygen atoms in total. The van der Waals surface area contributed by atoms with Gasteiger partial charge in [0, 0.05) is 0 Å². The number of hydrogen-bond donors (Lipinski definition) is 2. The van der Waals surface area contributed by atoms with E-state index in [1.807, 2.05) is 0 Å². The van der Waals surface area contributed by atoms with Gasteiger partial charge in [-0.05, 0) is 36.8 Å². The van der Waals surface area contributed by atoms with Crippen molar-refractivity contribution in [3.63, 3.8) is 0 Å². The zero-order valence-corrected chi connectivity index (χ0v) is 9.30. The lowest BCUT2D eigenvalue weighted by molar-refractivity contribution is 0.628. The molecule has 0 saturated carbocycles. The zero-order chi connectivity index (χ0) is 12.4. The number of rotatable bonds is 2. The molecule has 0 heterocycles. The number of nitrogens with two attached hydrogens (primary N) is 1. The standard InChI is InChI=1S/C13H12F2N2/c1-8-3-2-4-10(15)13(8)17-12-6-5-9(14)7-11(12)16/h2-7,17H,16H2,1H3. The highest BCUT2D eigenvalue weighted by atomic mass is 19.1. The van der Waals surface area contributed by atoms with Gasteiger partial charge in [-0.15, -0.1) is 0 Å². The van der Waals surface area contributed by atoms with Crippen LogP contribution in [0.3, 0.4) is 0 Å². The van der Waals surface area contributed by atoms with Crippen LogP contribution in [-0.4, -0.2) is 0 Å². The Hall–Kier alpha value is -2.10. The second-order valence-electron chi connectivity index (χ2n) is 3.79. The van der Waals surface area contributed by atoms with Gasteiger partial charge < -0.3 is 11.1 Å². The fourth-order valence-corrected chi connectivity index (χ4v) is 1.57. The minimum Gasteiger partial charge on any atom is -0.397 e. The largest absolute Gasteiger partial charge is 0.397 e. The quantitative estimate of drug-likeness (QED) is 0.779.